The van der Waals surface area contributed by atoms with Gasteiger partial charge in [0.25, 0.3) is 0 Å². The van der Waals surface area contributed by atoms with Crippen LogP contribution in [0.5, 0.6) is 5.75 Å². The average Bonchev–Trinajstić information content (AvgIpc) is 2.72. The number of methoxy groups -OCH3 is 1. The number of aliphatic hydroxyl groups is 1. The van der Waals surface area contributed by atoms with Crippen LogP contribution in [0.3, 0.4) is 0 Å². The summed E-state index contributed by atoms with van der Waals surface area (Å²) in [5.74, 6) is 0.808. The Morgan fingerprint density at radius 1 is 1.21 bits per heavy atom. The van der Waals surface area contributed by atoms with Gasteiger partial charge in [-0.15, -0.1) is 0 Å². The summed E-state index contributed by atoms with van der Waals surface area (Å²) in [4.78, 5) is 0. The molecule has 2 aromatic rings. The van der Waals surface area contributed by atoms with Gasteiger partial charge in [0.05, 0.1) is 13.5 Å². The van der Waals surface area contributed by atoms with Crippen molar-refractivity contribution in [1.29, 1.82) is 0 Å². The van der Waals surface area contributed by atoms with Crippen LogP contribution in [0.4, 0.5) is 0 Å². The molecule has 0 fully saturated rings. The summed E-state index contributed by atoms with van der Waals surface area (Å²) < 4.78 is 7.31. The first-order valence-electron chi connectivity index (χ1n) is 6.51. The molecule has 1 N–H and O–H groups in total. The van der Waals surface area contributed by atoms with Gasteiger partial charge >= 0.3 is 0 Å². The molecule has 1 aliphatic rings. The van der Waals surface area contributed by atoms with Crippen LogP contribution in [0.15, 0.2) is 48.7 Å². The number of nitrogens with zero attached hydrogens (tertiary/aromatic N) is 1. The number of pyridine rings is 1. The monoisotopic (exact) mass is 256 g/mol. The Morgan fingerprint density at radius 2 is 1.95 bits per heavy atom. The van der Waals surface area contributed by atoms with Gasteiger partial charge in [0.2, 0.25) is 0 Å². The molecule has 3 nitrogen and oxygen atoms in total. The second kappa shape index (κ2) is 4.35. The van der Waals surface area contributed by atoms with E-state index in [9.17, 15) is 5.11 Å². The van der Waals surface area contributed by atoms with Crippen molar-refractivity contribution in [3.63, 3.8) is 0 Å². The fraction of sp³-hybridized carbons (Fsp3) is 0.312. The smallest absolute Gasteiger partial charge is 0.188 e. The maximum atomic E-state index is 11.1. The average molecular weight is 256 g/mol. The first kappa shape index (κ1) is 12.2. The van der Waals surface area contributed by atoms with E-state index >= 15 is 0 Å². The van der Waals surface area contributed by atoms with Crippen LogP contribution in [0.25, 0.3) is 0 Å². The number of hydrogen-bond donors (Lipinski definition) is 1. The van der Waals surface area contributed by atoms with Crippen LogP contribution in [0, 0.1) is 0 Å². The number of fused-ring (bicyclic) bond motifs is 1. The maximum Gasteiger partial charge on any atom is 0.188 e. The molecule has 0 aliphatic carbocycles. The van der Waals surface area contributed by atoms with Gasteiger partial charge in [-0.1, -0.05) is 18.2 Å². The lowest BCUT2D eigenvalue weighted by Crippen LogP contribution is -2.43. The fourth-order valence-corrected chi connectivity index (χ4v) is 2.90. The lowest BCUT2D eigenvalue weighted by molar-refractivity contribution is -0.723. The number of hydrogen-bond acceptors (Lipinski definition) is 2. The molecular formula is C16H18NO2+. The molecule has 1 aromatic heterocycles. The molecule has 98 valence electrons. The lowest BCUT2D eigenvalue weighted by atomic mass is 9.86. The summed E-state index contributed by atoms with van der Waals surface area (Å²) in [6, 6.07) is 13.8. The topological polar surface area (TPSA) is 33.3 Å². The third-order valence-electron chi connectivity index (χ3n) is 4.13. The first-order chi connectivity index (χ1) is 9.15. The van der Waals surface area contributed by atoms with Crippen LogP contribution in [-0.4, -0.2) is 12.2 Å². The van der Waals surface area contributed by atoms with Gasteiger partial charge in [0, 0.05) is 19.1 Å². The molecule has 0 radical (unpaired) electrons. The normalized spacial score (nSPS) is 25.1. The van der Waals surface area contributed by atoms with E-state index in [-0.39, 0.29) is 6.04 Å². The molecule has 19 heavy (non-hydrogen) atoms. The quantitative estimate of drug-likeness (QED) is 0.834. The third kappa shape index (κ3) is 1.81. The van der Waals surface area contributed by atoms with Gasteiger partial charge in [-0.3, -0.25) is 0 Å². The van der Waals surface area contributed by atoms with E-state index in [1.165, 1.54) is 0 Å². The molecule has 3 heteroatoms. The predicted octanol–water partition coefficient (Wildman–Crippen LogP) is 1.99. The summed E-state index contributed by atoms with van der Waals surface area (Å²) in [7, 11) is 1.65. The zero-order valence-corrected chi connectivity index (χ0v) is 11.2. The van der Waals surface area contributed by atoms with Crippen molar-refractivity contribution in [3.8, 4) is 5.75 Å². The highest BCUT2D eigenvalue weighted by Crippen LogP contribution is 2.38. The van der Waals surface area contributed by atoms with Crippen molar-refractivity contribution in [2.75, 3.05) is 7.11 Å². The second-order valence-electron chi connectivity index (χ2n) is 5.10. The highest BCUT2D eigenvalue weighted by atomic mass is 16.5. The van der Waals surface area contributed by atoms with Crippen LogP contribution in [-0.2, 0) is 12.0 Å². The fourth-order valence-electron chi connectivity index (χ4n) is 2.90. The van der Waals surface area contributed by atoms with Crippen molar-refractivity contribution < 1.29 is 14.4 Å². The molecule has 0 saturated carbocycles. The Kier molecular flexibility index (Phi) is 2.79. The molecule has 1 aliphatic heterocycles. The number of ether oxygens (including phenoxy) is 1. The second-order valence-corrected chi connectivity index (χ2v) is 5.10. The largest absolute Gasteiger partial charge is 0.497 e. The van der Waals surface area contributed by atoms with Crippen LogP contribution in [0.1, 0.15) is 24.2 Å². The molecule has 3 rings (SSSR count). The van der Waals surface area contributed by atoms with Crippen LogP contribution >= 0.6 is 0 Å². The number of benzene rings is 1. The van der Waals surface area contributed by atoms with E-state index in [0.717, 1.165) is 17.0 Å². The Morgan fingerprint density at radius 3 is 2.58 bits per heavy atom. The van der Waals surface area contributed by atoms with Crippen molar-refractivity contribution in [3.05, 3.63) is 59.9 Å². The van der Waals surface area contributed by atoms with Gasteiger partial charge < -0.3 is 9.84 Å². The number of rotatable bonds is 2. The molecule has 0 spiro atoms. The number of aromatic nitrogens is 1. The first-order valence-corrected chi connectivity index (χ1v) is 6.51. The summed E-state index contributed by atoms with van der Waals surface area (Å²) in [5, 5.41) is 11.1. The molecule has 1 aromatic carbocycles. The molecular weight excluding hydrogens is 238 g/mol. The van der Waals surface area contributed by atoms with Crippen LogP contribution < -0.4 is 9.30 Å². The Bertz CT molecular complexity index is 594. The molecule has 2 atom stereocenters. The maximum absolute atomic E-state index is 11.1. The molecule has 0 bridgehead atoms. The van der Waals surface area contributed by atoms with Gasteiger partial charge in [-0.05, 0) is 17.7 Å². The Hall–Kier alpha value is -1.87. The van der Waals surface area contributed by atoms with Gasteiger partial charge in [-0.25, -0.2) is 0 Å². The lowest BCUT2D eigenvalue weighted by Gasteiger charge is -2.23. The molecule has 0 amide bonds. The van der Waals surface area contributed by atoms with Gasteiger partial charge in [0.1, 0.15) is 5.75 Å². The third-order valence-corrected chi connectivity index (χ3v) is 4.13. The van der Waals surface area contributed by atoms with Crippen LogP contribution in [0.2, 0.25) is 0 Å². The van der Waals surface area contributed by atoms with E-state index < -0.39 is 5.60 Å². The molecule has 2 heterocycles. The standard InChI is InChI=1S/C16H18NO2/c1-12-16(18,11-14-5-3-4-10-17(12)14)13-6-8-15(19-2)9-7-13/h3-10,12,18H,11H2,1-2H3/q+1. The van der Waals surface area contributed by atoms with Crippen molar-refractivity contribution in [1.82, 2.24) is 0 Å². The predicted molar refractivity (Wildman–Crippen MR) is 71.9 cm³/mol. The summed E-state index contributed by atoms with van der Waals surface area (Å²) in [6.07, 6.45) is 2.67. The summed E-state index contributed by atoms with van der Waals surface area (Å²) in [5.41, 5.74) is 1.25. The summed E-state index contributed by atoms with van der Waals surface area (Å²) in [6.45, 7) is 2.06. The van der Waals surface area contributed by atoms with Crippen molar-refractivity contribution in [2.45, 2.75) is 25.0 Å². The van der Waals surface area contributed by atoms with E-state index in [1.807, 2.05) is 42.6 Å². The van der Waals surface area contributed by atoms with Gasteiger partial charge in [0.15, 0.2) is 23.5 Å². The van der Waals surface area contributed by atoms with E-state index in [0.29, 0.717) is 6.42 Å². The highest BCUT2D eigenvalue weighted by Gasteiger charge is 2.50. The molecule has 0 saturated heterocycles. The minimum Gasteiger partial charge on any atom is -0.497 e. The van der Waals surface area contributed by atoms with E-state index in [1.54, 1.807) is 7.11 Å². The molecule has 2 unspecified atom stereocenters. The van der Waals surface area contributed by atoms with Gasteiger partial charge in [-0.2, -0.15) is 4.57 Å². The minimum absolute atomic E-state index is 0.0251. The van der Waals surface area contributed by atoms with E-state index in [2.05, 4.69) is 17.6 Å². The summed E-state index contributed by atoms with van der Waals surface area (Å²) >= 11 is 0. The Balaban J connectivity index is 2.01. The van der Waals surface area contributed by atoms with Crippen molar-refractivity contribution in [2.24, 2.45) is 0 Å². The Labute approximate surface area is 113 Å². The van der Waals surface area contributed by atoms with Crippen molar-refractivity contribution >= 4 is 0 Å². The zero-order chi connectivity index (χ0) is 13.5. The zero-order valence-electron chi connectivity index (χ0n) is 11.2. The van der Waals surface area contributed by atoms with E-state index in [4.69, 9.17) is 4.74 Å². The minimum atomic E-state index is -0.847. The highest BCUT2D eigenvalue weighted by molar-refractivity contribution is 5.32. The SMILES string of the molecule is COc1ccc(C2(O)Cc3cccc[n+]3C2C)cc1.